The van der Waals surface area contributed by atoms with Crippen molar-refractivity contribution in [2.45, 2.75) is 29.0 Å². The van der Waals surface area contributed by atoms with E-state index in [1.807, 2.05) is 6.07 Å². The topological polar surface area (TPSA) is 134 Å². The molecule has 2 aliphatic rings. The second kappa shape index (κ2) is 10.6. The Hall–Kier alpha value is -3.61. The van der Waals surface area contributed by atoms with Crippen molar-refractivity contribution >= 4 is 33.2 Å². The Labute approximate surface area is 224 Å². The quantitative estimate of drug-likeness (QED) is 0.439. The van der Waals surface area contributed by atoms with Crippen LogP contribution in [0.3, 0.4) is 0 Å². The van der Waals surface area contributed by atoms with E-state index in [4.69, 9.17) is 9.47 Å². The molecule has 0 unspecified atom stereocenters. The molecule has 3 N–H and O–H groups in total. The maximum Gasteiger partial charge on any atom is 0.250 e. The van der Waals surface area contributed by atoms with Crippen molar-refractivity contribution in [2.75, 3.05) is 26.7 Å². The fraction of sp³-hybridized carbons (Fsp3) is 0.308. The van der Waals surface area contributed by atoms with Crippen LogP contribution in [-0.4, -0.2) is 63.0 Å². The number of hydrogen-bond acceptors (Lipinski definition) is 8. The minimum Gasteiger partial charge on any atom is -0.504 e. The Morgan fingerprint density at radius 3 is 2.79 bits per heavy atom. The molecule has 200 valence electrons. The molecular formula is C26H27N3O7S2. The third-order valence-corrected chi connectivity index (χ3v) is 9.49. The van der Waals surface area contributed by atoms with Crippen LogP contribution in [0, 0.1) is 0 Å². The Morgan fingerprint density at radius 1 is 1.18 bits per heavy atom. The first kappa shape index (κ1) is 26.0. The Balaban J connectivity index is 1.41. The zero-order chi connectivity index (χ0) is 26.9. The number of ether oxygens (including phenoxy) is 2. The number of aryl methyl sites for hydroxylation is 1. The van der Waals surface area contributed by atoms with Crippen molar-refractivity contribution < 1.29 is 32.6 Å². The average molecular weight is 558 g/mol. The third-order valence-electron chi connectivity index (χ3n) is 6.69. The average Bonchev–Trinajstić information content (AvgIpc) is 3.59. The summed E-state index contributed by atoms with van der Waals surface area (Å²) in [5.41, 5.74) is 1.62. The number of sulfonamides is 1. The van der Waals surface area contributed by atoms with Crippen molar-refractivity contribution in [3.8, 4) is 23.0 Å². The van der Waals surface area contributed by atoms with E-state index in [2.05, 4.69) is 10.0 Å². The van der Waals surface area contributed by atoms with Gasteiger partial charge >= 0.3 is 0 Å². The van der Waals surface area contributed by atoms with Crippen LogP contribution in [0.5, 0.6) is 23.0 Å². The molecule has 0 spiro atoms. The van der Waals surface area contributed by atoms with Gasteiger partial charge in [-0.1, -0.05) is 18.2 Å². The molecule has 2 aliphatic heterocycles. The number of fused-ring (bicyclic) bond motifs is 6. The van der Waals surface area contributed by atoms with Crippen LogP contribution in [0.1, 0.15) is 23.5 Å². The lowest BCUT2D eigenvalue weighted by Crippen LogP contribution is -2.42. The van der Waals surface area contributed by atoms with E-state index in [9.17, 15) is 23.1 Å². The van der Waals surface area contributed by atoms with Gasteiger partial charge < -0.3 is 24.8 Å². The van der Waals surface area contributed by atoms with Gasteiger partial charge in [0, 0.05) is 25.4 Å². The smallest absolute Gasteiger partial charge is 0.250 e. The molecule has 0 aliphatic carbocycles. The minimum atomic E-state index is -3.79. The van der Waals surface area contributed by atoms with Crippen LogP contribution in [0.25, 0.3) is 0 Å². The number of benzene rings is 2. The van der Waals surface area contributed by atoms with E-state index in [1.165, 1.54) is 19.2 Å². The predicted octanol–water partition coefficient (Wildman–Crippen LogP) is 2.59. The standard InChI is InChI=1S/C26H27N3O7S2/c1-35-21-8-6-17-12-23(21)36-22-11-16(4-7-20(22)30)5-9-24(31)28-19-15-29(14-18(17)19)25(32)13-27-38(33,34)26-3-2-10-37-26/h2-4,6-8,10-12,18-19,27,30H,5,9,13-15H2,1H3,(H,28,31)/t18-,19+/m0/s1. The maximum absolute atomic E-state index is 13.0. The number of likely N-dealkylation sites (tertiary alicyclic amines) is 1. The Bertz CT molecular complexity index is 1460. The third kappa shape index (κ3) is 5.47. The van der Waals surface area contributed by atoms with Gasteiger partial charge in [0.1, 0.15) is 4.21 Å². The molecule has 10 nitrogen and oxygen atoms in total. The van der Waals surface area contributed by atoms with Crippen LogP contribution in [0.2, 0.25) is 0 Å². The molecule has 1 aromatic heterocycles. The number of thiophene rings is 1. The van der Waals surface area contributed by atoms with Gasteiger partial charge in [-0.3, -0.25) is 9.59 Å². The number of nitrogens with zero attached hydrogens (tertiary/aromatic N) is 1. The highest BCUT2D eigenvalue weighted by molar-refractivity contribution is 7.91. The van der Waals surface area contributed by atoms with E-state index >= 15 is 0 Å². The summed E-state index contributed by atoms with van der Waals surface area (Å²) in [4.78, 5) is 27.5. The van der Waals surface area contributed by atoms with Crippen molar-refractivity contribution in [1.29, 1.82) is 0 Å². The van der Waals surface area contributed by atoms with Crippen LogP contribution < -0.4 is 19.5 Å². The van der Waals surface area contributed by atoms with Gasteiger partial charge in [-0.05, 0) is 53.3 Å². The van der Waals surface area contributed by atoms with E-state index in [0.29, 0.717) is 17.9 Å². The van der Waals surface area contributed by atoms with Crippen molar-refractivity contribution in [2.24, 2.45) is 0 Å². The summed E-state index contributed by atoms with van der Waals surface area (Å²) in [5.74, 6) is 0.214. The van der Waals surface area contributed by atoms with Gasteiger partial charge in [-0.15, -0.1) is 11.3 Å². The highest BCUT2D eigenvalue weighted by Gasteiger charge is 2.38. The number of nitrogens with one attached hydrogen (secondary N) is 2. The highest BCUT2D eigenvalue weighted by atomic mass is 32.2. The zero-order valence-electron chi connectivity index (χ0n) is 20.5. The normalized spacial score (nSPS) is 19.3. The van der Waals surface area contributed by atoms with Crippen molar-refractivity contribution in [1.82, 2.24) is 14.9 Å². The first-order chi connectivity index (χ1) is 18.2. The van der Waals surface area contributed by atoms with Gasteiger partial charge in [-0.2, -0.15) is 0 Å². The molecule has 12 heteroatoms. The molecule has 2 atom stereocenters. The second-order valence-corrected chi connectivity index (χ2v) is 12.1. The number of phenolic OH excluding ortho intramolecular Hbond substituents is 1. The second-order valence-electron chi connectivity index (χ2n) is 9.15. The molecule has 2 amide bonds. The first-order valence-corrected chi connectivity index (χ1v) is 14.4. The van der Waals surface area contributed by atoms with Gasteiger partial charge in [0.25, 0.3) is 10.0 Å². The fourth-order valence-electron chi connectivity index (χ4n) is 4.70. The molecule has 2 aromatic carbocycles. The number of carbonyl (C=O) groups excluding carboxylic acids is 2. The fourth-order valence-corrected chi connectivity index (χ4v) is 6.71. The SMILES string of the molecule is COc1ccc2cc1Oc1cc(ccc1O)CCC(=O)N[C@@H]1CN(C(=O)CNS(=O)(=O)c3cccs3)C[C@@H]21. The zero-order valence-corrected chi connectivity index (χ0v) is 22.2. The number of methoxy groups -OCH3 is 1. The number of carbonyl (C=O) groups is 2. The summed E-state index contributed by atoms with van der Waals surface area (Å²) in [7, 11) is -2.27. The summed E-state index contributed by atoms with van der Waals surface area (Å²) < 4.78 is 39.0. The Kier molecular flexibility index (Phi) is 7.28. The highest BCUT2D eigenvalue weighted by Crippen LogP contribution is 2.40. The molecule has 3 heterocycles. The number of rotatable bonds is 5. The Morgan fingerprint density at radius 2 is 2.03 bits per heavy atom. The van der Waals surface area contributed by atoms with Gasteiger partial charge in [0.05, 0.1) is 19.7 Å². The molecule has 5 rings (SSSR count). The monoisotopic (exact) mass is 557 g/mol. The number of amides is 2. The lowest BCUT2D eigenvalue weighted by molar-refractivity contribution is -0.129. The van der Waals surface area contributed by atoms with E-state index in [1.54, 1.807) is 40.6 Å². The van der Waals surface area contributed by atoms with Crippen LogP contribution >= 0.6 is 11.3 Å². The molecule has 38 heavy (non-hydrogen) atoms. The van der Waals surface area contributed by atoms with E-state index in [-0.39, 0.29) is 53.1 Å². The molecule has 1 saturated heterocycles. The molecule has 3 aromatic rings. The summed E-state index contributed by atoms with van der Waals surface area (Å²) >= 11 is 1.07. The summed E-state index contributed by atoms with van der Waals surface area (Å²) in [5, 5.41) is 15.1. The largest absolute Gasteiger partial charge is 0.504 e. The predicted molar refractivity (Wildman–Crippen MR) is 140 cm³/mol. The first-order valence-electron chi connectivity index (χ1n) is 12.0. The van der Waals surface area contributed by atoms with Gasteiger partial charge in [0.2, 0.25) is 11.8 Å². The molecular weight excluding hydrogens is 530 g/mol. The van der Waals surface area contributed by atoms with Crippen LogP contribution in [0.15, 0.2) is 58.1 Å². The lowest BCUT2D eigenvalue weighted by atomic mass is 9.93. The number of hydrogen-bond donors (Lipinski definition) is 3. The molecule has 1 fully saturated rings. The van der Waals surface area contributed by atoms with Crippen molar-refractivity contribution in [3.63, 3.8) is 0 Å². The van der Waals surface area contributed by atoms with E-state index in [0.717, 1.165) is 22.5 Å². The van der Waals surface area contributed by atoms with Crippen molar-refractivity contribution in [3.05, 3.63) is 65.0 Å². The molecule has 0 saturated carbocycles. The summed E-state index contributed by atoms with van der Waals surface area (Å²) in [6.07, 6.45) is 0.643. The number of aromatic hydroxyl groups is 1. The maximum atomic E-state index is 13.0. The minimum absolute atomic E-state index is 0.0407. The van der Waals surface area contributed by atoms with Gasteiger partial charge in [-0.25, -0.2) is 13.1 Å². The molecule has 0 radical (unpaired) electrons. The number of phenols is 1. The van der Waals surface area contributed by atoms with Crippen LogP contribution in [0.4, 0.5) is 0 Å². The summed E-state index contributed by atoms with van der Waals surface area (Å²) in [6, 6.07) is 13.0. The lowest BCUT2D eigenvalue weighted by Gasteiger charge is -2.21. The van der Waals surface area contributed by atoms with Gasteiger partial charge in [0.15, 0.2) is 23.0 Å². The van der Waals surface area contributed by atoms with Crippen LogP contribution in [-0.2, 0) is 26.0 Å². The summed E-state index contributed by atoms with van der Waals surface area (Å²) in [6.45, 7) is 0.112. The molecule has 4 bridgehead atoms. The van der Waals surface area contributed by atoms with E-state index < -0.39 is 22.5 Å².